The molecule has 0 amide bonds. The third-order valence-electron chi connectivity index (χ3n) is 2.69. The zero-order valence-corrected chi connectivity index (χ0v) is 12.3. The van der Waals surface area contributed by atoms with Crippen molar-refractivity contribution < 1.29 is 0 Å². The Kier molecular flexibility index (Phi) is 4.64. The van der Waals surface area contributed by atoms with Gasteiger partial charge in [0, 0.05) is 10.0 Å². The highest BCUT2D eigenvalue weighted by Gasteiger charge is 2.14. The molecule has 0 aromatic heterocycles. The average Bonchev–Trinajstić information content (AvgIpc) is 2.38. The van der Waals surface area contributed by atoms with Crippen molar-refractivity contribution in [1.29, 1.82) is 0 Å². The first kappa shape index (κ1) is 14.1. The molecule has 2 aromatic rings. The third kappa shape index (κ3) is 3.83. The maximum Gasteiger partial charge on any atom is 0.164 e. The summed E-state index contributed by atoms with van der Waals surface area (Å²) in [6, 6.07) is 15.0. The summed E-state index contributed by atoms with van der Waals surface area (Å²) in [6.07, 6.45) is 0. The zero-order chi connectivity index (χ0) is 13.8. The summed E-state index contributed by atoms with van der Waals surface area (Å²) in [6.45, 7) is 0. The topological polar surface area (TPSA) is 38.0 Å². The standard InChI is InChI=1S/C14H12Cl2N2S/c15-11-5-1-9(2-6-11)13(18-14(17)19)10-3-7-12(16)8-4-10/h1-8,13H,(H3,17,18,19). The highest BCUT2D eigenvalue weighted by atomic mass is 35.5. The fraction of sp³-hybridized carbons (Fsp3) is 0.0714. The summed E-state index contributed by atoms with van der Waals surface area (Å²) >= 11 is 16.7. The molecule has 0 aliphatic carbocycles. The molecule has 5 heteroatoms. The van der Waals surface area contributed by atoms with E-state index in [1.807, 2.05) is 48.5 Å². The smallest absolute Gasteiger partial charge is 0.164 e. The minimum Gasteiger partial charge on any atom is -0.376 e. The van der Waals surface area contributed by atoms with Gasteiger partial charge in [-0.05, 0) is 47.6 Å². The van der Waals surface area contributed by atoms with Crippen LogP contribution in [0.3, 0.4) is 0 Å². The third-order valence-corrected chi connectivity index (χ3v) is 3.32. The lowest BCUT2D eigenvalue weighted by Crippen LogP contribution is -2.33. The van der Waals surface area contributed by atoms with Gasteiger partial charge in [0.25, 0.3) is 0 Å². The first-order chi connectivity index (χ1) is 9.06. The normalized spacial score (nSPS) is 10.5. The summed E-state index contributed by atoms with van der Waals surface area (Å²) in [4.78, 5) is 0. The van der Waals surface area contributed by atoms with Gasteiger partial charge in [0.15, 0.2) is 5.11 Å². The van der Waals surface area contributed by atoms with Crippen molar-refractivity contribution in [3.8, 4) is 0 Å². The minimum atomic E-state index is -0.118. The highest BCUT2D eigenvalue weighted by molar-refractivity contribution is 7.80. The average molecular weight is 311 g/mol. The predicted octanol–water partition coefficient (Wildman–Crippen LogP) is 3.92. The van der Waals surface area contributed by atoms with Crippen LogP contribution in [0.25, 0.3) is 0 Å². The monoisotopic (exact) mass is 310 g/mol. The Morgan fingerprint density at radius 1 is 0.895 bits per heavy atom. The molecule has 3 N–H and O–H groups in total. The molecule has 2 nitrogen and oxygen atoms in total. The maximum atomic E-state index is 5.90. The van der Waals surface area contributed by atoms with Gasteiger partial charge < -0.3 is 11.1 Å². The second-order valence-corrected chi connectivity index (χ2v) is 5.36. The molecule has 0 aliphatic heterocycles. The van der Waals surface area contributed by atoms with E-state index in [1.165, 1.54) is 0 Å². The van der Waals surface area contributed by atoms with E-state index in [0.29, 0.717) is 10.0 Å². The number of hydrogen-bond acceptors (Lipinski definition) is 1. The molecule has 0 radical (unpaired) electrons. The van der Waals surface area contributed by atoms with Crippen molar-refractivity contribution in [1.82, 2.24) is 5.32 Å². The van der Waals surface area contributed by atoms with E-state index >= 15 is 0 Å². The quantitative estimate of drug-likeness (QED) is 0.844. The molecule has 0 unspecified atom stereocenters. The number of nitrogens with two attached hydrogens (primary N) is 1. The van der Waals surface area contributed by atoms with Crippen molar-refractivity contribution in [2.24, 2.45) is 5.73 Å². The van der Waals surface area contributed by atoms with Gasteiger partial charge in [-0.2, -0.15) is 0 Å². The van der Waals surface area contributed by atoms with Gasteiger partial charge in [0.2, 0.25) is 0 Å². The van der Waals surface area contributed by atoms with Crippen LogP contribution in [0.5, 0.6) is 0 Å². The van der Waals surface area contributed by atoms with Crippen LogP contribution in [0.1, 0.15) is 17.2 Å². The van der Waals surface area contributed by atoms with E-state index in [4.69, 9.17) is 41.2 Å². The van der Waals surface area contributed by atoms with Crippen molar-refractivity contribution in [3.63, 3.8) is 0 Å². The fourth-order valence-electron chi connectivity index (χ4n) is 1.81. The second kappa shape index (κ2) is 6.24. The van der Waals surface area contributed by atoms with Gasteiger partial charge in [-0.3, -0.25) is 0 Å². The highest BCUT2D eigenvalue weighted by Crippen LogP contribution is 2.24. The lowest BCUT2D eigenvalue weighted by Gasteiger charge is -2.20. The van der Waals surface area contributed by atoms with E-state index in [9.17, 15) is 0 Å². The molecule has 2 rings (SSSR count). The lowest BCUT2D eigenvalue weighted by molar-refractivity contribution is 0.765. The van der Waals surface area contributed by atoms with Crippen molar-refractivity contribution in [2.45, 2.75) is 6.04 Å². The van der Waals surface area contributed by atoms with E-state index in [0.717, 1.165) is 11.1 Å². The Balaban J connectivity index is 2.37. The van der Waals surface area contributed by atoms with Gasteiger partial charge in [0.1, 0.15) is 0 Å². The fourth-order valence-corrected chi connectivity index (χ4v) is 2.18. The molecule has 0 saturated heterocycles. The van der Waals surface area contributed by atoms with Crippen LogP contribution in [0.4, 0.5) is 0 Å². The van der Waals surface area contributed by atoms with Crippen LogP contribution < -0.4 is 11.1 Å². The molecule has 2 aromatic carbocycles. The Labute approximate surface area is 127 Å². The van der Waals surface area contributed by atoms with Gasteiger partial charge >= 0.3 is 0 Å². The molecule has 19 heavy (non-hydrogen) atoms. The Morgan fingerprint density at radius 2 is 1.26 bits per heavy atom. The molecule has 0 bridgehead atoms. The largest absolute Gasteiger partial charge is 0.376 e. The first-order valence-corrected chi connectivity index (χ1v) is 6.79. The first-order valence-electron chi connectivity index (χ1n) is 5.63. The van der Waals surface area contributed by atoms with Gasteiger partial charge in [0.05, 0.1) is 6.04 Å². The molecule has 0 atom stereocenters. The number of thiocarbonyl (C=S) groups is 1. The zero-order valence-electron chi connectivity index (χ0n) is 9.94. The van der Waals surface area contributed by atoms with Crippen LogP contribution in [0, 0.1) is 0 Å². The van der Waals surface area contributed by atoms with E-state index < -0.39 is 0 Å². The second-order valence-electron chi connectivity index (χ2n) is 4.04. The molecule has 0 aliphatic rings. The molecular weight excluding hydrogens is 299 g/mol. The van der Waals surface area contributed by atoms with Gasteiger partial charge in [-0.15, -0.1) is 0 Å². The predicted molar refractivity (Wildman–Crippen MR) is 84.7 cm³/mol. The van der Waals surface area contributed by atoms with Gasteiger partial charge in [-0.25, -0.2) is 0 Å². The molecule has 0 saturated carbocycles. The Hall–Kier alpha value is -1.29. The SMILES string of the molecule is NC(=S)NC(c1ccc(Cl)cc1)c1ccc(Cl)cc1. The molecule has 0 spiro atoms. The summed E-state index contributed by atoms with van der Waals surface area (Å²) in [5.74, 6) is 0. The van der Waals surface area contributed by atoms with E-state index in [2.05, 4.69) is 5.32 Å². The van der Waals surface area contributed by atoms with Crippen LogP contribution in [-0.2, 0) is 0 Å². The Morgan fingerprint density at radius 3 is 1.58 bits per heavy atom. The number of benzene rings is 2. The molecular formula is C14H12Cl2N2S. The van der Waals surface area contributed by atoms with Crippen molar-refractivity contribution >= 4 is 40.5 Å². The lowest BCUT2D eigenvalue weighted by atomic mass is 9.99. The summed E-state index contributed by atoms with van der Waals surface area (Å²) in [7, 11) is 0. The maximum absolute atomic E-state index is 5.90. The van der Waals surface area contributed by atoms with E-state index in [1.54, 1.807) is 0 Å². The summed E-state index contributed by atoms with van der Waals surface area (Å²) in [5.41, 5.74) is 7.65. The number of nitrogens with one attached hydrogen (secondary N) is 1. The van der Waals surface area contributed by atoms with E-state index in [-0.39, 0.29) is 11.2 Å². The number of halogens is 2. The molecule has 0 heterocycles. The van der Waals surface area contributed by atoms with Crippen LogP contribution in [-0.4, -0.2) is 5.11 Å². The molecule has 0 fully saturated rings. The summed E-state index contributed by atoms with van der Waals surface area (Å²) < 4.78 is 0. The van der Waals surface area contributed by atoms with Crippen LogP contribution in [0.2, 0.25) is 10.0 Å². The van der Waals surface area contributed by atoms with Crippen LogP contribution >= 0.6 is 35.4 Å². The van der Waals surface area contributed by atoms with Crippen molar-refractivity contribution in [2.75, 3.05) is 0 Å². The van der Waals surface area contributed by atoms with Crippen molar-refractivity contribution in [3.05, 3.63) is 69.7 Å². The number of rotatable bonds is 3. The van der Waals surface area contributed by atoms with Gasteiger partial charge in [-0.1, -0.05) is 47.5 Å². The minimum absolute atomic E-state index is 0.118. The number of hydrogen-bond donors (Lipinski definition) is 2. The summed E-state index contributed by atoms with van der Waals surface area (Å²) in [5, 5.41) is 4.70. The molecule has 98 valence electrons. The van der Waals surface area contributed by atoms with Crippen LogP contribution in [0.15, 0.2) is 48.5 Å². The Bertz CT molecular complexity index is 522.